The van der Waals surface area contributed by atoms with Gasteiger partial charge in [-0.3, -0.25) is 0 Å². The second-order valence-corrected chi connectivity index (χ2v) is 8.24. The van der Waals surface area contributed by atoms with Crippen LogP contribution in [0.5, 0.6) is 11.5 Å². The molecule has 3 heterocycles. The summed E-state index contributed by atoms with van der Waals surface area (Å²) < 4.78 is 35.7. The Bertz CT molecular complexity index is 1340. The summed E-state index contributed by atoms with van der Waals surface area (Å²) in [6.07, 6.45) is 3.82. The lowest BCUT2D eigenvalue weighted by Gasteiger charge is -2.13. The highest BCUT2D eigenvalue weighted by atomic mass is 35.5. The van der Waals surface area contributed by atoms with Gasteiger partial charge in [-0.2, -0.15) is 14.6 Å². The van der Waals surface area contributed by atoms with E-state index in [0.717, 1.165) is 6.26 Å². The fraction of sp³-hybridized carbons (Fsp3) is 0.176. The minimum absolute atomic E-state index is 0.286. The van der Waals surface area contributed by atoms with Crippen LogP contribution in [0.15, 0.2) is 35.9 Å². The molecule has 0 radical (unpaired) electrons. The number of fused-ring (bicyclic) bond motifs is 3. The lowest BCUT2D eigenvalue weighted by Crippen LogP contribution is -2.06. The Morgan fingerprint density at radius 2 is 1.82 bits per heavy atom. The van der Waals surface area contributed by atoms with Gasteiger partial charge in [-0.1, -0.05) is 11.6 Å². The molecule has 0 spiro atoms. The topological polar surface area (TPSA) is 109 Å². The van der Waals surface area contributed by atoms with Crippen molar-refractivity contribution in [2.75, 3.05) is 20.5 Å². The number of nitrogens with zero attached hydrogens (tertiary/aromatic N) is 5. The number of sulfone groups is 1. The van der Waals surface area contributed by atoms with Gasteiger partial charge >= 0.3 is 0 Å². The van der Waals surface area contributed by atoms with E-state index in [1.54, 1.807) is 25.3 Å². The summed E-state index contributed by atoms with van der Waals surface area (Å²) in [6.45, 7) is 0. The number of benzene rings is 1. The standard InChI is InChI=1S/C17H14ClN5O4S/c1-26-10-5-11(14(18)13(6-10)27-2)12-4-9-7-19-17(28(3,24)25)22-15(9)23-16(12)20-8-21-23/h4-8H,1-3H3. The lowest BCUT2D eigenvalue weighted by atomic mass is 10.0. The number of rotatable bonds is 4. The van der Waals surface area contributed by atoms with Gasteiger partial charge in [-0.15, -0.1) is 0 Å². The summed E-state index contributed by atoms with van der Waals surface area (Å²) in [5.74, 6) is 0.995. The fourth-order valence-electron chi connectivity index (χ4n) is 2.85. The van der Waals surface area contributed by atoms with Crippen molar-refractivity contribution in [1.82, 2.24) is 24.6 Å². The Hall–Kier alpha value is -2.98. The maximum Gasteiger partial charge on any atom is 0.248 e. The van der Waals surface area contributed by atoms with Gasteiger partial charge in [0, 0.05) is 35.0 Å². The first-order chi connectivity index (χ1) is 13.3. The molecule has 0 fully saturated rings. The molecule has 1 aromatic carbocycles. The molecule has 0 saturated heterocycles. The van der Waals surface area contributed by atoms with Gasteiger partial charge in [0.15, 0.2) is 11.3 Å². The predicted molar refractivity (Wildman–Crippen MR) is 103 cm³/mol. The maximum absolute atomic E-state index is 11.8. The average Bonchev–Trinajstić information content (AvgIpc) is 3.16. The molecule has 0 unspecified atom stereocenters. The highest BCUT2D eigenvalue weighted by molar-refractivity contribution is 7.90. The largest absolute Gasteiger partial charge is 0.497 e. The van der Waals surface area contributed by atoms with Crippen molar-refractivity contribution in [3.63, 3.8) is 0 Å². The Balaban J connectivity index is 2.08. The van der Waals surface area contributed by atoms with Gasteiger partial charge in [-0.05, 0) is 12.1 Å². The molecule has 0 aliphatic heterocycles. The van der Waals surface area contributed by atoms with E-state index in [4.69, 9.17) is 21.1 Å². The molecule has 28 heavy (non-hydrogen) atoms. The SMILES string of the molecule is COc1cc(OC)c(Cl)c(-c2cc3cnc(S(C)(=O)=O)nc3n3ncnc23)c1. The van der Waals surface area contributed by atoms with E-state index in [1.165, 1.54) is 24.1 Å². The molecular weight excluding hydrogens is 406 g/mol. The monoisotopic (exact) mass is 419 g/mol. The van der Waals surface area contributed by atoms with Crippen LogP contribution in [-0.4, -0.2) is 53.5 Å². The third kappa shape index (κ3) is 2.90. The molecule has 3 aromatic heterocycles. The van der Waals surface area contributed by atoms with Crippen molar-refractivity contribution in [2.45, 2.75) is 5.16 Å². The molecular formula is C17H14ClN5O4S. The van der Waals surface area contributed by atoms with E-state index >= 15 is 0 Å². The van der Waals surface area contributed by atoms with Crippen molar-refractivity contribution in [3.05, 3.63) is 35.7 Å². The van der Waals surface area contributed by atoms with E-state index in [0.29, 0.717) is 44.3 Å². The molecule has 0 N–H and O–H groups in total. The van der Waals surface area contributed by atoms with E-state index in [9.17, 15) is 8.42 Å². The second-order valence-electron chi connectivity index (χ2n) is 5.95. The Labute approximate surface area is 164 Å². The van der Waals surface area contributed by atoms with Crippen LogP contribution in [0.25, 0.3) is 27.8 Å². The predicted octanol–water partition coefficient (Wildman–Crippen LogP) is 2.41. The zero-order chi connectivity index (χ0) is 20.1. The van der Waals surface area contributed by atoms with E-state index in [1.807, 2.05) is 0 Å². The third-order valence-electron chi connectivity index (χ3n) is 4.15. The highest BCUT2D eigenvalue weighted by Crippen LogP contribution is 2.41. The van der Waals surface area contributed by atoms with Crippen LogP contribution in [0.4, 0.5) is 0 Å². The van der Waals surface area contributed by atoms with Crippen LogP contribution in [-0.2, 0) is 9.84 Å². The maximum atomic E-state index is 11.8. The Kier molecular flexibility index (Phi) is 4.31. The number of methoxy groups -OCH3 is 2. The highest BCUT2D eigenvalue weighted by Gasteiger charge is 2.20. The Morgan fingerprint density at radius 3 is 2.50 bits per heavy atom. The van der Waals surface area contributed by atoms with Gasteiger partial charge in [0.05, 0.1) is 19.2 Å². The lowest BCUT2D eigenvalue weighted by molar-refractivity contribution is 0.395. The molecule has 0 aliphatic rings. The van der Waals surface area contributed by atoms with Gasteiger partial charge in [0.1, 0.15) is 17.8 Å². The van der Waals surface area contributed by atoms with Crippen LogP contribution in [0.2, 0.25) is 5.02 Å². The van der Waals surface area contributed by atoms with Gasteiger partial charge in [0.2, 0.25) is 15.0 Å². The summed E-state index contributed by atoms with van der Waals surface area (Å²) in [6, 6.07) is 5.20. The van der Waals surface area contributed by atoms with Crippen molar-refractivity contribution >= 4 is 38.1 Å². The molecule has 0 aliphatic carbocycles. The smallest absolute Gasteiger partial charge is 0.248 e. The zero-order valence-electron chi connectivity index (χ0n) is 15.0. The van der Waals surface area contributed by atoms with E-state index in [2.05, 4.69) is 20.1 Å². The third-order valence-corrected chi connectivity index (χ3v) is 5.40. The molecule has 144 valence electrons. The first kappa shape index (κ1) is 18.4. The molecule has 0 bridgehead atoms. The van der Waals surface area contributed by atoms with Crippen LogP contribution in [0, 0.1) is 0 Å². The number of pyridine rings is 1. The average molecular weight is 420 g/mol. The number of halogens is 1. The van der Waals surface area contributed by atoms with Crippen LogP contribution < -0.4 is 9.47 Å². The quantitative estimate of drug-likeness (QED) is 0.464. The molecule has 4 rings (SSSR count). The van der Waals surface area contributed by atoms with Crippen LogP contribution in [0.1, 0.15) is 0 Å². The number of hydrogen-bond acceptors (Lipinski definition) is 8. The fourth-order valence-corrected chi connectivity index (χ4v) is 3.63. The van der Waals surface area contributed by atoms with Crippen LogP contribution in [0.3, 0.4) is 0 Å². The zero-order valence-corrected chi connectivity index (χ0v) is 16.6. The summed E-state index contributed by atoms with van der Waals surface area (Å²) in [7, 11) is -0.517. The van der Waals surface area contributed by atoms with Gasteiger partial charge in [0.25, 0.3) is 0 Å². The molecule has 0 amide bonds. The number of aromatic nitrogens is 5. The van der Waals surface area contributed by atoms with Gasteiger partial charge < -0.3 is 9.47 Å². The van der Waals surface area contributed by atoms with E-state index in [-0.39, 0.29) is 5.16 Å². The van der Waals surface area contributed by atoms with Crippen molar-refractivity contribution in [3.8, 4) is 22.6 Å². The molecule has 4 aromatic rings. The minimum atomic E-state index is -3.57. The van der Waals surface area contributed by atoms with Crippen molar-refractivity contribution < 1.29 is 17.9 Å². The van der Waals surface area contributed by atoms with Crippen LogP contribution >= 0.6 is 11.6 Å². The minimum Gasteiger partial charge on any atom is -0.497 e. The van der Waals surface area contributed by atoms with E-state index < -0.39 is 9.84 Å². The number of hydrogen-bond donors (Lipinski definition) is 0. The summed E-state index contributed by atoms with van der Waals surface area (Å²) in [4.78, 5) is 12.4. The van der Waals surface area contributed by atoms with Gasteiger partial charge in [-0.25, -0.2) is 18.4 Å². The normalized spacial score (nSPS) is 11.9. The molecule has 11 heteroatoms. The molecule has 0 atom stereocenters. The summed E-state index contributed by atoms with van der Waals surface area (Å²) >= 11 is 6.53. The first-order valence-corrected chi connectivity index (χ1v) is 10.2. The molecule has 9 nitrogen and oxygen atoms in total. The Morgan fingerprint density at radius 1 is 1.04 bits per heavy atom. The molecule has 0 saturated carbocycles. The summed E-state index contributed by atoms with van der Waals surface area (Å²) in [5.41, 5.74) is 2.02. The number of ether oxygens (including phenoxy) is 2. The summed E-state index contributed by atoms with van der Waals surface area (Å²) in [5, 5.41) is 4.84. The first-order valence-electron chi connectivity index (χ1n) is 7.95. The van der Waals surface area contributed by atoms with Crippen molar-refractivity contribution in [2.24, 2.45) is 0 Å². The van der Waals surface area contributed by atoms with Crippen molar-refractivity contribution in [1.29, 1.82) is 0 Å². The second kappa shape index (κ2) is 6.57.